The highest BCUT2D eigenvalue weighted by Crippen LogP contribution is 2.23. The topological polar surface area (TPSA) is 36.1 Å². The van der Waals surface area contributed by atoms with Crippen molar-refractivity contribution in [2.24, 2.45) is 5.92 Å². The van der Waals surface area contributed by atoms with Gasteiger partial charge in [-0.05, 0) is 50.9 Å². The molecule has 1 aliphatic rings. The smallest absolute Gasteiger partial charge is 0.166 e. The first-order valence-corrected chi connectivity index (χ1v) is 9.59. The number of fused-ring (bicyclic) bond motifs is 1. The Balaban J connectivity index is 1.31. The number of nitrogens with zero attached hydrogens (tertiary/aromatic N) is 1. The van der Waals surface area contributed by atoms with Crippen LogP contribution in [0.5, 0.6) is 0 Å². The Morgan fingerprint density at radius 3 is 2.58 bits per heavy atom. The number of piperidine rings is 1. The van der Waals surface area contributed by atoms with E-state index in [-0.39, 0.29) is 5.92 Å². The first-order chi connectivity index (χ1) is 12.7. The second-order valence-corrected chi connectivity index (χ2v) is 7.46. The third-order valence-corrected chi connectivity index (χ3v) is 5.67. The molecule has 0 bridgehead atoms. The summed E-state index contributed by atoms with van der Waals surface area (Å²) in [6, 6.07) is 16.5. The van der Waals surface area contributed by atoms with Crippen LogP contribution in [0.4, 0.5) is 0 Å². The van der Waals surface area contributed by atoms with Gasteiger partial charge in [0.15, 0.2) is 5.78 Å². The lowest BCUT2D eigenvalue weighted by molar-refractivity contribution is 0.0841. The minimum Gasteiger partial charge on any atom is -0.361 e. The van der Waals surface area contributed by atoms with Crippen LogP contribution in [0.15, 0.2) is 54.7 Å². The van der Waals surface area contributed by atoms with Crippen molar-refractivity contribution in [2.45, 2.75) is 26.2 Å². The molecule has 0 spiro atoms. The molecule has 0 radical (unpaired) electrons. The summed E-state index contributed by atoms with van der Waals surface area (Å²) >= 11 is 0. The molecular weight excluding hydrogens is 320 g/mol. The SMILES string of the molecule is Cc1ccc(C(=O)C2CCN(CCc3c[nH]c4ccccc34)CC2)cc1. The van der Waals surface area contributed by atoms with Crippen molar-refractivity contribution in [1.82, 2.24) is 9.88 Å². The maximum Gasteiger partial charge on any atom is 0.166 e. The van der Waals surface area contributed by atoms with Gasteiger partial charge in [-0.2, -0.15) is 0 Å². The predicted octanol–water partition coefficient (Wildman–Crippen LogP) is 4.61. The zero-order valence-corrected chi connectivity index (χ0v) is 15.4. The molecule has 0 atom stereocenters. The number of rotatable bonds is 5. The lowest BCUT2D eigenvalue weighted by Crippen LogP contribution is -2.37. The molecule has 0 amide bonds. The van der Waals surface area contributed by atoms with Crippen molar-refractivity contribution >= 4 is 16.7 Å². The third-order valence-electron chi connectivity index (χ3n) is 5.67. The van der Waals surface area contributed by atoms with Crippen LogP contribution in [0.1, 0.15) is 34.3 Å². The fourth-order valence-electron chi connectivity index (χ4n) is 3.99. The number of ketones is 1. The molecule has 0 aliphatic carbocycles. The number of Topliss-reactive ketones (excluding diaryl/α,β-unsaturated/α-hetero) is 1. The normalized spacial score (nSPS) is 16.2. The first kappa shape index (κ1) is 17.0. The van der Waals surface area contributed by atoms with E-state index in [1.165, 1.54) is 22.0 Å². The maximum atomic E-state index is 12.7. The van der Waals surface area contributed by atoms with E-state index in [0.29, 0.717) is 5.78 Å². The highest BCUT2D eigenvalue weighted by molar-refractivity contribution is 5.97. The molecule has 26 heavy (non-hydrogen) atoms. The van der Waals surface area contributed by atoms with E-state index < -0.39 is 0 Å². The summed E-state index contributed by atoms with van der Waals surface area (Å²) in [5.74, 6) is 0.503. The number of carbonyl (C=O) groups excluding carboxylic acids is 1. The van der Waals surface area contributed by atoms with Crippen LogP contribution >= 0.6 is 0 Å². The number of aryl methyl sites for hydroxylation is 1. The number of hydrogen-bond donors (Lipinski definition) is 1. The van der Waals surface area contributed by atoms with Crippen molar-refractivity contribution in [1.29, 1.82) is 0 Å². The van der Waals surface area contributed by atoms with E-state index in [0.717, 1.165) is 44.5 Å². The van der Waals surface area contributed by atoms with Gasteiger partial charge in [-0.15, -0.1) is 0 Å². The Morgan fingerprint density at radius 1 is 1.08 bits per heavy atom. The monoisotopic (exact) mass is 346 g/mol. The summed E-state index contributed by atoms with van der Waals surface area (Å²) in [4.78, 5) is 18.5. The van der Waals surface area contributed by atoms with Gasteiger partial charge in [0.1, 0.15) is 0 Å². The average Bonchev–Trinajstić information content (AvgIpc) is 3.10. The Hall–Kier alpha value is -2.39. The minimum atomic E-state index is 0.182. The number of nitrogens with one attached hydrogen (secondary N) is 1. The van der Waals surface area contributed by atoms with Crippen molar-refractivity contribution in [3.63, 3.8) is 0 Å². The van der Waals surface area contributed by atoms with Crippen molar-refractivity contribution in [3.05, 3.63) is 71.4 Å². The molecule has 1 N–H and O–H groups in total. The van der Waals surface area contributed by atoms with E-state index in [4.69, 9.17) is 0 Å². The number of H-pyrrole nitrogens is 1. The Bertz CT molecular complexity index is 886. The van der Waals surface area contributed by atoms with Gasteiger partial charge < -0.3 is 9.88 Å². The second kappa shape index (κ2) is 7.46. The molecule has 134 valence electrons. The van der Waals surface area contributed by atoms with Crippen LogP contribution < -0.4 is 0 Å². The average molecular weight is 346 g/mol. The van der Waals surface area contributed by atoms with Crippen LogP contribution in [-0.4, -0.2) is 35.3 Å². The molecule has 1 fully saturated rings. The van der Waals surface area contributed by atoms with Crippen molar-refractivity contribution in [3.8, 4) is 0 Å². The molecule has 3 heteroatoms. The van der Waals surface area contributed by atoms with E-state index in [9.17, 15) is 4.79 Å². The summed E-state index contributed by atoms with van der Waals surface area (Å²) in [6.45, 7) is 5.16. The fourth-order valence-corrected chi connectivity index (χ4v) is 3.99. The van der Waals surface area contributed by atoms with E-state index in [1.807, 2.05) is 24.3 Å². The van der Waals surface area contributed by atoms with Gasteiger partial charge in [0, 0.05) is 35.1 Å². The highest BCUT2D eigenvalue weighted by atomic mass is 16.1. The number of carbonyl (C=O) groups is 1. The van der Waals surface area contributed by atoms with Gasteiger partial charge in [-0.25, -0.2) is 0 Å². The van der Waals surface area contributed by atoms with Crippen LogP contribution in [0.25, 0.3) is 10.9 Å². The number of likely N-dealkylation sites (tertiary alicyclic amines) is 1. The largest absolute Gasteiger partial charge is 0.361 e. The van der Waals surface area contributed by atoms with Gasteiger partial charge >= 0.3 is 0 Å². The zero-order chi connectivity index (χ0) is 17.9. The number of hydrogen-bond acceptors (Lipinski definition) is 2. The van der Waals surface area contributed by atoms with Gasteiger partial charge in [0.2, 0.25) is 0 Å². The molecule has 1 aromatic heterocycles. The first-order valence-electron chi connectivity index (χ1n) is 9.59. The molecule has 2 heterocycles. The second-order valence-electron chi connectivity index (χ2n) is 7.46. The molecular formula is C23H26N2O. The summed E-state index contributed by atoms with van der Waals surface area (Å²) in [6.07, 6.45) is 5.14. The Kier molecular flexibility index (Phi) is 4.89. The van der Waals surface area contributed by atoms with Gasteiger partial charge in [-0.1, -0.05) is 48.0 Å². The molecule has 1 aliphatic heterocycles. The summed E-state index contributed by atoms with van der Waals surface area (Å²) < 4.78 is 0. The lowest BCUT2D eigenvalue weighted by Gasteiger charge is -2.31. The van der Waals surface area contributed by atoms with Crippen LogP contribution in [0.3, 0.4) is 0 Å². The molecule has 3 aromatic rings. The molecule has 2 aromatic carbocycles. The van der Waals surface area contributed by atoms with Crippen molar-refractivity contribution < 1.29 is 4.79 Å². The van der Waals surface area contributed by atoms with E-state index in [1.54, 1.807) is 0 Å². The van der Waals surface area contributed by atoms with Crippen LogP contribution in [-0.2, 0) is 6.42 Å². The fraction of sp³-hybridized carbons (Fsp3) is 0.348. The molecule has 0 unspecified atom stereocenters. The highest BCUT2D eigenvalue weighted by Gasteiger charge is 2.25. The molecule has 1 saturated heterocycles. The van der Waals surface area contributed by atoms with Crippen LogP contribution in [0.2, 0.25) is 0 Å². The third kappa shape index (κ3) is 3.58. The number of aromatic nitrogens is 1. The van der Waals surface area contributed by atoms with Crippen molar-refractivity contribution in [2.75, 3.05) is 19.6 Å². The number of benzene rings is 2. The van der Waals surface area contributed by atoms with Gasteiger partial charge in [0.05, 0.1) is 0 Å². The summed E-state index contributed by atoms with van der Waals surface area (Å²) in [5.41, 5.74) is 4.67. The Labute approximate surface area is 155 Å². The molecule has 3 nitrogen and oxygen atoms in total. The maximum absolute atomic E-state index is 12.7. The van der Waals surface area contributed by atoms with E-state index in [2.05, 4.69) is 47.3 Å². The quantitative estimate of drug-likeness (QED) is 0.685. The summed E-state index contributed by atoms with van der Waals surface area (Å²) in [7, 11) is 0. The standard InChI is InChI=1S/C23H26N2O/c1-17-6-8-18(9-7-17)23(26)19-10-13-25(14-11-19)15-12-20-16-24-22-5-3-2-4-21(20)22/h2-9,16,19,24H,10-15H2,1H3. The van der Waals surface area contributed by atoms with E-state index >= 15 is 0 Å². The minimum absolute atomic E-state index is 0.182. The zero-order valence-electron chi connectivity index (χ0n) is 15.4. The predicted molar refractivity (Wildman–Crippen MR) is 107 cm³/mol. The Morgan fingerprint density at radius 2 is 1.81 bits per heavy atom. The number of para-hydroxylation sites is 1. The molecule has 0 saturated carbocycles. The summed E-state index contributed by atoms with van der Waals surface area (Å²) in [5, 5.41) is 1.33. The van der Waals surface area contributed by atoms with Gasteiger partial charge in [-0.3, -0.25) is 4.79 Å². The van der Waals surface area contributed by atoms with Crippen LogP contribution in [0, 0.1) is 12.8 Å². The lowest BCUT2D eigenvalue weighted by atomic mass is 9.88. The molecule has 4 rings (SSSR count). The van der Waals surface area contributed by atoms with Gasteiger partial charge in [0.25, 0.3) is 0 Å². The number of aromatic amines is 1.